The Morgan fingerprint density at radius 2 is 2.12 bits per heavy atom. The maximum absolute atomic E-state index is 12.2. The first kappa shape index (κ1) is 15.5. The summed E-state index contributed by atoms with van der Waals surface area (Å²) < 4.78 is 10.6. The van der Waals surface area contributed by atoms with Gasteiger partial charge in [0.05, 0.1) is 24.7 Å². The van der Waals surface area contributed by atoms with Crippen LogP contribution in [0.25, 0.3) is 11.0 Å². The smallest absolute Gasteiger partial charge is 0.271 e. The van der Waals surface area contributed by atoms with Crippen molar-refractivity contribution < 1.29 is 18.9 Å². The van der Waals surface area contributed by atoms with Crippen molar-refractivity contribution in [2.45, 2.75) is 6.42 Å². The molecular weight excluding hydrogens is 312 g/mol. The van der Waals surface area contributed by atoms with Gasteiger partial charge in [-0.25, -0.2) is 0 Å². The highest BCUT2D eigenvalue weighted by Crippen LogP contribution is 2.26. The highest BCUT2D eigenvalue weighted by atomic mass is 16.6. The largest absolute Gasteiger partial charge is 0.497 e. The van der Waals surface area contributed by atoms with E-state index >= 15 is 0 Å². The van der Waals surface area contributed by atoms with Gasteiger partial charge in [-0.1, -0.05) is 6.07 Å². The minimum Gasteiger partial charge on any atom is -0.497 e. The van der Waals surface area contributed by atoms with Crippen LogP contribution in [0.2, 0.25) is 0 Å². The average Bonchev–Trinajstić information content (AvgIpc) is 2.97. The summed E-state index contributed by atoms with van der Waals surface area (Å²) in [6.07, 6.45) is 1.62. The van der Waals surface area contributed by atoms with Crippen LogP contribution in [0.4, 0.5) is 11.4 Å². The molecule has 0 atom stereocenters. The number of fused-ring (bicyclic) bond motifs is 1. The number of rotatable bonds is 5. The lowest BCUT2D eigenvalue weighted by molar-refractivity contribution is -0.384. The van der Waals surface area contributed by atoms with Crippen LogP contribution in [0.15, 0.2) is 53.1 Å². The number of hydrogen-bond donors (Lipinski definition) is 1. The highest BCUT2D eigenvalue weighted by Gasteiger charge is 2.13. The highest BCUT2D eigenvalue weighted by molar-refractivity contribution is 5.95. The Labute approximate surface area is 137 Å². The van der Waals surface area contributed by atoms with E-state index in [1.165, 1.54) is 24.5 Å². The molecule has 0 saturated heterocycles. The second-order valence-corrected chi connectivity index (χ2v) is 5.16. The predicted octanol–water partition coefficient (Wildman–Crippen LogP) is 3.53. The normalized spacial score (nSPS) is 10.5. The number of benzene rings is 2. The predicted molar refractivity (Wildman–Crippen MR) is 88.2 cm³/mol. The Balaban J connectivity index is 1.75. The van der Waals surface area contributed by atoms with Gasteiger partial charge in [0.15, 0.2) is 0 Å². The number of nitro groups is 1. The van der Waals surface area contributed by atoms with Gasteiger partial charge in [0.25, 0.3) is 5.69 Å². The Bertz CT molecular complexity index is 916. The van der Waals surface area contributed by atoms with Crippen molar-refractivity contribution in [3.63, 3.8) is 0 Å². The lowest BCUT2D eigenvalue weighted by Gasteiger charge is -2.04. The Kier molecular flexibility index (Phi) is 4.15. The second-order valence-electron chi connectivity index (χ2n) is 5.16. The monoisotopic (exact) mass is 326 g/mol. The molecule has 1 amide bonds. The maximum atomic E-state index is 12.2. The number of nitrogens with one attached hydrogen (secondary N) is 1. The molecule has 0 bridgehead atoms. The summed E-state index contributed by atoms with van der Waals surface area (Å²) in [5.41, 5.74) is 1.67. The molecule has 0 unspecified atom stereocenters. The summed E-state index contributed by atoms with van der Waals surface area (Å²) in [5, 5.41) is 14.2. The molecule has 2 aromatic carbocycles. The van der Waals surface area contributed by atoms with E-state index in [1.807, 2.05) is 6.07 Å². The van der Waals surface area contributed by atoms with E-state index in [-0.39, 0.29) is 18.0 Å². The zero-order valence-electron chi connectivity index (χ0n) is 12.8. The van der Waals surface area contributed by atoms with E-state index in [2.05, 4.69) is 5.32 Å². The van der Waals surface area contributed by atoms with Crippen molar-refractivity contribution in [3.05, 3.63) is 64.4 Å². The maximum Gasteiger partial charge on any atom is 0.271 e. The lowest BCUT2D eigenvalue weighted by Crippen LogP contribution is -2.14. The molecule has 0 fully saturated rings. The minimum absolute atomic E-state index is 0.0753. The number of nitrogens with zero attached hydrogens (tertiary/aromatic N) is 1. The second kappa shape index (κ2) is 6.41. The number of amides is 1. The zero-order chi connectivity index (χ0) is 17.1. The summed E-state index contributed by atoms with van der Waals surface area (Å²) in [5.74, 6) is 0.387. The third-order valence-electron chi connectivity index (χ3n) is 3.55. The first-order chi connectivity index (χ1) is 11.6. The molecule has 0 aliphatic carbocycles. The molecule has 7 heteroatoms. The van der Waals surface area contributed by atoms with Crippen LogP contribution in [0.3, 0.4) is 0 Å². The van der Waals surface area contributed by atoms with Crippen molar-refractivity contribution in [1.82, 2.24) is 0 Å². The number of anilines is 1. The SMILES string of the molecule is COc1ccc2c(CC(=O)Nc3cccc([N+](=O)[O-])c3)coc2c1. The molecule has 0 radical (unpaired) electrons. The van der Waals surface area contributed by atoms with E-state index in [9.17, 15) is 14.9 Å². The van der Waals surface area contributed by atoms with Crippen LogP contribution in [0, 0.1) is 10.1 Å². The van der Waals surface area contributed by atoms with Gasteiger partial charge in [-0.3, -0.25) is 14.9 Å². The first-order valence-corrected chi connectivity index (χ1v) is 7.15. The van der Waals surface area contributed by atoms with E-state index in [0.29, 0.717) is 17.0 Å². The van der Waals surface area contributed by atoms with Gasteiger partial charge in [0, 0.05) is 34.8 Å². The van der Waals surface area contributed by atoms with E-state index in [4.69, 9.17) is 9.15 Å². The summed E-state index contributed by atoms with van der Waals surface area (Å²) in [4.78, 5) is 22.4. The molecule has 0 spiro atoms. The van der Waals surface area contributed by atoms with Crippen LogP contribution >= 0.6 is 0 Å². The van der Waals surface area contributed by atoms with Gasteiger partial charge in [0.2, 0.25) is 5.91 Å². The quantitative estimate of drug-likeness (QED) is 0.571. The number of furan rings is 1. The molecule has 7 nitrogen and oxygen atoms in total. The molecule has 0 saturated carbocycles. The summed E-state index contributed by atoms with van der Waals surface area (Å²) in [7, 11) is 1.57. The Hall–Kier alpha value is -3.35. The molecule has 122 valence electrons. The minimum atomic E-state index is -0.507. The van der Waals surface area contributed by atoms with E-state index in [1.54, 1.807) is 25.3 Å². The molecule has 24 heavy (non-hydrogen) atoms. The third kappa shape index (κ3) is 3.19. The van der Waals surface area contributed by atoms with Gasteiger partial charge in [-0.2, -0.15) is 0 Å². The van der Waals surface area contributed by atoms with Crippen LogP contribution in [-0.4, -0.2) is 17.9 Å². The van der Waals surface area contributed by atoms with Crippen LogP contribution in [-0.2, 0) is 11.2 Å². The molecule has 3 aromatic rings. The fourth-order valence-corrected chi connectivity index (χ4v) is 2.40. The third-order valence-corrected chi connectivity index (χ3v) is 3.55. The molecule has 1 aromatic heterocycles. The fraction of sp³-hybridized carbons (Fsp3) is 0.118. The van der Waals surface area contributed by atoms with E-state index < -0.39 is 4.92 Å². The molecule has 3 rings (SSSR count). The van der Waals surface area contributed by atoms with Crippen LogP contribution < -0.4 is 10.1 Å². The molecule has 1 N–H and O–H groups in total. The van der Waals surface area contributed by atoms with Crippen molar-refractivity contribution in [2.75, 3.05) is 12.4 Å². The summed E-state index contributed by atoms with van der Waals surface area (Å²) >= 11 is 0. The van der Waals surface area contributed by atoms with E-state index in [0.717, 1.165) is 10.9 Å². The van der Waals surface area contributed by atoms with Gasteiger partial charge < -0.3 is 14.5 Å². The van der Waals surface area contributed by atoms with Crippen molar-refractivity contribution in [2.24, 2.45) is 0 Å². The molecule has 0 aliphatic heterocycles. The van der Waals surface area contributed by atoms with Gasteiger partial charge >= 0.3 is 0 Å². The molecule has 0 aliphatic rings. The van der Waals surface area contributed by atoms with Crippen molar-refractivity contribution in [3.8, 4) is 5.75 Å². The lowest BCUT2D eigenvalue weighted by atomic mass is 10.1. The number of carbonyl (C=O) groups excluding carboxylic acids is 1. The van der Waals surface area contributed by atoms with Crippen LogP contribution in [0.5, 0.6) is 5.75 Å². The number of carbonyl (C=O) groups is 1. The number of methoxy groups -OCH3 is 1. The average molecular weight is 326 g/mol. The number of ether oxygens (including phenoxy) is 1. The summed E-state index contributed by atoms with van der Waals surface area (Å²) in [6, 6.07) is 11.2. The van der Waals surface area contributed by atoms with Gasteiger partial charge in [0.1, 0.15) is 11.3 Å². The standard InChI is InChI=1S/C17H14N2O5/c1-23-14-5-6-15-11(10-24-16(15)9-14)7-17(20)18-12-3-2-4-13(8-12)19(21)22/h2-6,8-10H,7H2,1H3,(H,18,20). The Morgan fingerprint density at radius 3 is 2.88 bits per heavy atom. The first-order valence-electron chi connectivity index (χ1n) is 7.15. The van der Waals surface area contributed by atoms with Gasteiger partial charge in [-0.15, -0.1) is 0 Å². The zero-order valence-corrected chi connectivity index (χ0v) is 12.8. The van der Waals surface area contributed by atoms with Crippen LogP contribution in [0.1, 0.15) is 5.56 Å². The number of hydrogen-bond acceptors (Lipinski definition) is 5. The molecular formula is C17H14N2O5. The Morgan fingerprint density at radius 1 is 1.29 bits per heavy atom. The van der Waals surface area contributed by atoms with Crippen molar-refractivity contribution in [1.29, 1.82) is 0 Å². The topological polar surface area (TPSA) is 94.6 Å². The number of non-ortho nitro benzene ring substituents is 1. The van der Waals surface area contributed by atoms with Gasteiger partial charge in [-0.05, 0) is 18.2 Å². The fourth-order valence-electron chi connectivity index (χ4n) is 2.40. The molecule has 1 heterocycles. The summed E-state index contributed by atoms with van der Waals surface area (Å²) in [6.45, 7) is 0. The number of nitro benzene ring substituents is 1. The van der Waals surface area contributed by atoms with Crippen molar-refractivity contribution >= 4 is 28.3 Å².